The zero-order valence-electron chi connectivity index (χ0n) is 14.8. The van der Waals surface area contributed by atoms with Crippen LogP contribution in [0, 0.1) is 17.2 Å². The summed E-state index contributed by atoms with van der Waals surface area (Å²) in [6.07, 6.45) is 2.42. The van der Waals surface area contributed by atoms with Crippen molar-refractivity contribution in [3.05, 3.63) is 34.9 Å². The SMILES string of the molecule is N#Cc1cc(N2CCCC(CN3CCOCC3)C2)nc2ccc(Cl)cc12. The number of hydrogen-bond donors (Lipinski definition) is 0. The molecular weight excluding hydrogens is 348 g/mol. The van der Waals surface area contributed by atoms with E-state index in [4.69, 9.17) is 21.3 Å². The Hall–Kier alpha value is -1.87. The standard InChI is InChI=1S/C20H23ClN4O/c21-17-3-4-19-18(11-17)16(12-22)10-20(23-19)25-5-1-2-15(14-25)13-24-6-8-26-9-7-24/h3-4,10-11,15H,1-2,5-9,13-14H2. The summed E-state index contributed by atoms with van der Waals surface area (Å²) in [6, 6.07) is 9.77. The van der Waals surface area contributed by atoms with E-state index in [1.165, 1.54) is 6.42 Å². The van der Waals surface area contributed by atoms with E-state index >= 15 is 0 Å². The van der Waals surface area contributed by atoms with E-state index in [0.717, 1.165) is 69.1 Å². The maximum absolute atomic E-state index is 9.56. The van der Waals surface area contributed by atoms with Gasteiger partial charge < -0.3 is 9.64 Å². The third kappa shape index (κ3) is 3.78. The highest BCUT2D eigenvalue weighted by Crippen LogP contribution is 2.28. The minimum Gasteiger partial charge on any atom is -0.379 e. The monoisotopic (exact) mass is 370 g/mol. The van der Waals surface area contributed by atoms with E-state index < -0.39 is 0 Å². The van der Waals surface area contributed by atoms with Gasteiger partial charge in [-0.2, -0.15) is 5.26 Å². The van der Waals surface area contributed by atoms with Gasteiger partial charge in [-0.25, -0.2) is 4.98 Å². The molecule has 0 aliphatic carbocycles. The van der Waals surface area contributed by atoms with Crippen LogP contribution in [-0.4, -0.2) is 55.8 Å². The van der Waals surface area contributed by atoms with Gasteiger partial charge in [0.15, 0.2) is 0 Å². The maximum Gasteiger partial charge on any atom is 0.130 e. The van der Waals surface area contributed by atoms with Crippen LogP contribution in [0.5, 0.6) is 0 Å². The molecule has 0 bridgehead atoms. The molecule has 4 rings (SSSR count). The summed E-state index contributed by atoms with van der Waals surface area (Å²) in [7, 11) is 0. The molecule has 2 aliphatic rings. The lowest BCUT2D eigenvalue weighted by Crippen LogP contribution is -2.44. The molecule has 0 spiro atoms. The Bertz CT molecular complexity index is 828. The van der Waals surface area contributed by atoms with Crippen LogP contribution < -0.4 is 4.90 Å². The summed E-state index contributed by atoms with van der Waals surface area (Å²) in [5.74, 6) is 1.54. The van der Waals surface area contributed by atoms with Crippen molar-refractivity contribution in [1.29, 1.82) is 5.26 Å². The lowest BCUT2D eigenvalue weighted by atomic mass is 9.97. The second kappa shape index (κ2) is 7.79. The number of benzene rings is 1. The molecule has 2 saturated heterocycles. The van der Waals surface area contributed by atoms with E-state index in [1.54, 1.807) is 0 Å². The number of nitriles is 1. The molecule has 2 fully saturated rings. The number of fused-ring (bicyclic) bond motifs is 1. The molecule has 1 unspecified atom stereocenters. The number of aromatic nitrogens is 1. The molecular formula is C20H23ClN4O. The van der Waals surface area contributed by atoms with Crippen molar-refractivity contribution in [1.82, 2.24) is 9.88 Å². The van der Waals surface area contributed by atoms with Crippen molar-refractivity contribution >= 4 is 28.3 Å². The fourth-order valence-corrected chi connectivity index (χ4v) is 4.18. The highest BCUT2D eigenvalue weighted by Gasteiger charge is 2.24. The lowest BCUT2D eigenvalue weighted by Gasteiger charge is -2.37. The minimum absolute atomic E-state index is 0.632. The van der Waals surface area contributed by atoms with Gasteiger partial charge in [0.05, 0.1) is 30.4 Å². The molecule has 26 heavy (non-hydrogen) atoms. The first-order valence-electron chi connectivity index (χ1n) is 9.28. The Labute approximate surface area is 159 Å². The first kappa shape index (κ1) is 17.5. The molecule has 2 aliphatic heterocycles. The number of morpholine rings is 1. The first-order chi connectivity index (χ1) is 12.7. The fraction of sp³-hybridized carbons (Fsp3) is 0.500. The van der Waals surface area contributed by atoms with Gasteiger partial charge in [0.1, 0.15) is 5.82 Å². The Kier molecular flexibility index (Phi) is 5.26. The topological polar surface area (TPSA) is 52.4 Å². The molecule has 3 heterocycles. The zero-order chi connectivity index (χ0) is 17.9. The van der Waals surface area contributed by atoms with Crippen LogP contribution in [0.25, 0.3) is 10.9 Å². The van der Waals surface area contributed by atoms with Gasteiger partial charge in [0, 0.05) is 43.1 Å². The number of anilines is 1. The third-order valence-electron chi connectivity index (χ3n) is 5.34. The number of piperidine rings is 1. The van der Waals surface area contributed by atoms with E-state index in [-0.39, 0.29) is 0 Å². The summed E-state index contributed by atoms with van der Waals surface area (Å²) >= 11 is 6.09. The Morgan fingerprint density at radius 1 is 1.23 bits per heavy atom. The van der Waals surface area contributed by atoms with Crippen molar-refractivity contribution in [2.75, 3.05) is 50.8 Å². The number of hydrogen-bond acceptors (Lipinski definition) is 5. The van der Waals surface area contributed by atoms with Crippen LogP contribution in [0.4, 0.5) is 5.82 Å². The molecule has 1 atom stereocenters. The third-order valence-corrected chi connectivity index (χ3v) is 5.58. The largest absolute Gasteiger partial charge is 0.379 e. The van der Waals surface area contributed by atoms with Gasteiger partial charge in [0.25, 0.3) is 0 Å². The Balaban J connectivity index is 1.54. The molecule has 6 heteroatoms. The quantitative estimate of drug-likeness (QED) is 0.829. The maximum atomic E-state index is 9.56. The summed E-state index contributed by atoms with van der Waals surface area (Å²) in [4.78, 5) is 9.66. The first-order valence-corrected chi connectivity index (χ1v) is 9.66. The van der Waals surface area contributed by atoms with E-state index in [1.807, 2.05) is 24.3 Å². The van der Waals surface area contributed by atoms with Gasteiger partial charge >= 0.3 is 0 Å². The van der Waals surface area contributed by atoms with Crippen LogP contribution >= 0.6 is 11.6 Å². The highest BCUT2D eigenvalue weighted by molar-refractivity contribution is 6.31. The van der Waals surface area contributed by atoms with Crippen molar-refractivity contribution in [2.45, 2.75) is 12.8 Å². The van der Waals surface area contributed by atoms with E-state index in [9.17, 15) is 5.26 Å². The number of pyridine rings is 1. The summed E-state index contributed by atoms with van der Waals surface area (Å²) in [5.41, 5.74) is 1.47. The molecule has 5 nitrogen and oxygen atoms in total. The van der Waals surface area contributed by atoms with Gasteiger partial charge in [0.2, 0.25) is 0 Å². The molecule has 0 N–H and O–H groups in total. The summed E-state index contributed by atoms with van der Waals surface area (Å²) < 4.78 is 5.45. The molecule has 1 aromatic heterocycles. The van der Waals surface area contributed by atoms with Crippen LogP contribution in [0.15, 0.2) is 24.3 Å². The molecule has 1 aromatic carbocycles. The minimum atomic E-state index is 0.632. The Morgan fingerprint density at radius 3 is 2.88 bits per heavy atom. The van der Waals surface area contributed by atoms with Gasteiger partial charge in [-0.1, -0.05) is 11.6 Å². The molecule has 136 valence electrons. The van der Waals surface area contributed by atoms with Crippen LogP contribution in [0.1, 0.15) is 18.4 Å². The number of rotatable bonds is 3. The fourth-order valence-electron chi connectivity index (χ4n) is 4.01. The van der Waals surface area contributed by atoms with Crippen molar-refractivity contribution in [2.24, 2.45) is 5.92 Å². The van der Waals surface area contributed by atoms with Gasteiger partial charge in [-0.15, -0.1) is 0 Å². The van der Waals surface area contributed by atoms with Crippen molar-refractivity contribution < 1.29 is 4.74 Å². The predicted molar refractivity (Wildman–Crippen MR) is 104 cm³/mol. The number of nitrogens with zero attached hydrogens (tertiary/aromatic N) is 4. The molecule has 0 amide bonds. The Morgan fingerprint density at radius 2 is 2.08 bits per heavy atom. The molecule has 0 saturated carbocycles. The average Bonchev–Trinajstić information content (AvgIpc) is 2.68. The van der Waals surface area contributed by atoms with Gasteiger partial charge in [-0.3, -0.25) is 4.90 Å². The van der Waals surface area contributed by atoms with E-state index in [2.05, 4.69) is 15.9 Å². The molecule has 2 aromatic rings. The zero-order valence-corrected chi connectivity index (χ0v) is 15.6. The normalized spacial score (nSPS) is 21.7. The lowest BCUT2D eigenvalue weighted by molar-refractivity contribution is 0.0296. The number of halogens is 1. The molecule has 0 radical (unpaired) electrons. The second-order valence-corrected chi connectivity index (χ2v) is 7.60. The van der Waals surface area contributed by atoms with Gasteiger partial charge in [-0.05, 0) is 43.0 Å². The van der Waals surface area contributed by atoms with Crippen molar-refractivity contribution in [3.8, 4) is 6.07 Å². The van der Waals surface area contributed by atoms with Crippen LogP contribution in [-0.2, 0) is 4.74 Å². The number of ether oxygens (including phenoxy) is 1. The average molecular weight is 371 g/mol. The summed E-state index contributed by atoms with van der Waals surface area (Å²) in [6.45, 7) is 6.86. The second-order valence-electron chi connectivity index (χ2n) is 7.17. The summed E-state index contributed by atoms with van der Waals surface area (Å²) in [5, 5.41) is 11.0. The predicted octanol–water partition coefficient (Wildman–Crippen LogP) is 3.31. The van der Waals surface area contributed by atoms with Crippen molar-refractivity contribution in [3.63, 3.8) is 0 Å². The van der Waals surface area contributed by atoms with E-state index in [0.29, 0.717) is 16.5 Å². The van der Waals surface area contributed by atoms with Crippen LogP contribution in [0.3, 0.4) is 0 Å². The van der Waals surface area contributed by atoms with Crippen LogP contribution in [0.2, 0.25) is 5.02 Å². The smallest absolute Gasteiger partial charge is 0.130 e. The highest BCUT2D eigenvalue weighted by atomic mass is 35.5.